The Morgan fingerprint density at radius 2 is 1.85 bits per heavy atom. The number of ether oxygens (including phenoxy) is 1. The average molecular weight is 537 g/mol. The number of pyridine rings is 1. The van der Waals surface area contributed by atoms with Gasteiger partial charge >= 0.3 is 0 Å². The Morgan fingerprint density at radius 1 is 0.974 bits per heavy atom. The Bertz CT molecular complexity index is 1530. The van der Waals surface area contributed by atoms with Crippen molar-refractivity contribution in [2.45, 2.75) is 32.1 Å². The fourth-order valence-electron chi connectivity index (χ4n) is 4.79. The van der Waals surface area contributed by atoms with Crippen LogP contribution in [0, 0.1) is 0 Å². The van der Waals surface area contributed by atoms with Gasteiger partial charge in [0, 0.05) is 62.4 Å². The number of fused-ring (bicyclic) bond motifs is 1. The molecule has 2 aromatic carbocycles. The number of nitrogens with zero attached hydrogens (tertiary/aromatic N) is 4. The van der Waals surface area contributed by atoms with Crippen molar-refractivity contribution in [3.63, 3.8) is 0 Å². The molecule has 2 N–H and O–H groups in total. The standard InChI is InChI=1S/C30H28N6O2S/c37-30(35-14-21-8-11-31-12-9-21)26-3-1-2-25-27(10-13-38-29(25)26)34-16-24-15-32-19-36(24)18-22-4-6-23(7-5-22)28-17-33-20-39-28/h1-9,11-12,15,17,19-20,27,34H,10,13-14,16,18H2,(H,35,37). The quantitative estimate of drug-likeness (QED) is 0.276. The predicted octanol–water partition coefficient (Wildman–Crippen LogP) is 4.99. The first-order valence-corrected chi connectivity index (χ1v) is 13.8. The fraction of sp³-hybridized carbons (Fsp3) is 0.200. The zero-order valence-corrected chi connectivity index (χ0v) is 22.1. The number of amides is 1. The molecule has 0 bridgehead atoms. The molecule has 1 aliphatic rings. The molecule has 5 aromatic rings. The van der Waals surface area contributed by atoms with Crippen molar-refractivity contribution in [2.24, 2.45) is 0 Å². The number of nitrogens with one attached hydrogen (secondary N) is 2. The van der Waals surface area contributed by atoms with Gasteiger partial charge in [-0.2, -0.15) is 0 Å². The maximum absolute atomic E-state index is 13.0. The Hall–Kier alpha value is -4.34. The zero-order chi connectivity index (χ0) is 26.4. The molecule has 1 unspecified atom stereocenters. The second-order valence-corrected chi connectivity index (χ2v) is 10.3. The summed E-state index contributed by atoms with van der Waals surface area (Å²) < 4.78 is 8.17. The second kappa shape index (κ2) is 11.6. The van der Waals surface area contributed by atoms with Crippen LogP contribution in [0.4, 0.5) is 0 Å². The summed E-state index contributed by atoms with van der Waals surface area (Å²) in [5, 5.41) is 6.67. The topological polar surface area (TPSA) is 94.0 Å². The first kappa shape index (κ1) is 25.0. The second-order valence-electron chi connectivity index (χ2n) is 9.41. The van der Waals surface area contributed by atoms with E-state index in [2.05, 4.69) is 54.4 Å². The lowest BCUT2D eigenvalue weighted by atomic mass is 9.97. The van der Waals surface area contributed by atoms with E-state index in [0.29, 0.717) is 31.0 Å². The van der Waals surface area contributed by atoms with E-state index in [9.17, 15) is 4.79 Å². The molecule has 1 atom stereocenters. The van der Waals surface area contributed by atoms with Crippen molar-refractivity contribution in [3.05, 3.63) is 119 Å². The third-order valence-electron chi connectivity index (χ3n) is 6.87. The van der Waals surface area contributed by atoms with Crippen molar-refractivity contribution in [1.82, 2.24) is 30.2 Å². The molecular formula is C30H28N6O2S. The summed E-state index contributed by atoms with van der Waals surface area (Å²) in [5.41, 5.74) is 7.89. The number of aromatic nitrogens is 4. The molecule has 1 amide bonds. The summed E-state index contributed by atoms with van der Waals surface area (Å²) in [7, 11) is 0. The summed E-state index contributed by atoms with van der Waals surface area (Å²) >= 11 is 1.64. The minimum absolute atomic E-state index is 0.0729. The summed E-state index contributed by atoms with van der Waals surface area (Å²) in [6.07, 6.45) is 9.93. The van der Waals surface area contributed by atoms with Crippen LogP contribution in [0.1, 0.15) is 45.2 Å². The average Bonchev–Trinajstić information content (AvgIpc) is 3.68. The molecule has 6 rings (SSSR count). The SMILES string of the molecule is O=C(NCc1ccncc1)c1cccc2c1OCCC2NCc1cncn1Cc1ccc(-c2cncs2)cc1. The van der Waals surface area contributed by atoms with Crippen LogP contribution in [0.15, 0.2) is 91.2 Å². The molecular weight excluding hydrogens is 508 g/mol. The third-order valence-corrected chi connectivity index (χ3v) is 7.69. The van der Waals surface area contributed by atoms with Crippen LogP contribution in [0.2, 0.25) is 0 Å². The van der Waals surface area contributed by atoms with Gasteiger partial charge in [-0.3, -0.25) is 14.8 Å². The maximum Gasteiger partial charge on any atom is 0.255 e. The Labute approximate surface area is 230 Å². The fourth-order valence-corrected chi connectivity index (χ4v) is 5.42. The van der Waals surface area contributed by atoms with Gasteiger partial charge in [-0.1, -0.05) is 36.4 Å². The van der Waals surface area contributed by atoms with E-state index in [1.165, 1.54) is 16.0 Å². The van der Waals surface area contributed by atoms with Crippen LogP contribution in [0.25, 0.3) is 10.4 Å². The number of carbonyl (C=O) groups is 1. The van der Waals surface area contributed by atoms with Crippen LogP contribution < -0.4 is 15.4 Å². The van der Waals surface area contributed by atoms with Gasteiger partial charge in [0.1, 0.15) is 5.75 Å². The van der Waals surface area contributed by atoms with Gasteiger partial charge in [-0.15, -0.1) is 11.3 Å². The molecule has 39 heavy (non-hydrogen) atoms. The minimum Gasteiger partial charge on any atom is -0.492 e. The molecule has 3 aromatic heterocycles. The van der Waals surface area contributed by atoms with Crippen LogP contribution in [-0.2, 0) is 19.6 Å². The Balaban J connectivity index is 1.11. The zero-order valence-electron chi connectivity index (χ0n) is 21.3. The highest BCUT2D eigenvalue weighted by molar-refractivity contribution is 7.13. The number of rotatable bonds is 9. The molecule has 0 spiro atoms. The lowest BCUT2D eigenvalue weighted by Crippen LogP contribution is -2.30. The van der Waals surface area contributed by atoms with Crippen molar-refractivity contribution in [1.29, 1.82) is 0 Å². The predicted molar refractivity (Wildman–Crippen MR) is 150 cm³/mol. The normalized spacial score (nSPS) is 14.4. The molecule has 0 saturated heterocycles. The number of imidazole rings is 1. The van der Waals surface area contributed by atoms with Gasteiger partial charge in [-0.25, -0.2) is 4.98 Å². The first-order valence-electron chi connectivity index (χ1n) is 12.9. The van der Waals surface area contributed by atoms with E-state index in [-0.39, 0.29) is 11.9 Å². The van der Waals surface area contributed by atoms with E-state index in [0.717, 1.165) is 29.8 Å². The molecule has 0 saturated carbocycles. The molecule has 4 heterocycles. The molecule has 0 fully saturated rings. The molecule has 0 radical (unpaired) electrons. The van der Waals surface area contributed by atoms with Crippen molar-refractivity contribution in [3.8, 4) is 16.2 Å². The summed E-state index contributed by atoms with van der Waals surface area (Å²) in [5.74, 6) is 0.506. The highest BCUT2D eigenvalue weighted by Gasteiger charge is 2.26. The summed E-state index contributed by atoms with van der Waals surface area (Å²) in [6.45, 7) is 2.38. The third kappa shape index (κ3) is 5.74. The number of hydrogen-bond donors (Lipinski definition) is 2. The summed E-state index contributed by atoms with van der Waals surface area (Å²) in [4.78, 5) is 26.8. The highest BCUT2D eigenvalue weighted by Crippen LogP contribution is 2.35. The summed E-state index contributed by atoms with van der Waals surface area (Å²) in [6, 6.07) is 18.2. The molecule has 9 heteroatoms. The van der Waals surface area contributed by atoms with E-state index >= 15 is 0 Å². The van der Waals surface area contributed by atoms with E-state index in [1.54, 1.807) is 23.7 Å². The minimum atomic E-state index is -0.149. The van der Waals surface area contributed by atoms with E-state index in [1.807, 2.05) is 54.6 Å². The van der Waals surface area contributed by atoms with Gasteiger partial charge < -0.3 is 19.9 Å². The highest BCUT2D eigenvalue weighted by atomic mass is 32.1. The number of carbonyl (C=O) groups excluding carboxylic acids is 1. The van der Waals surface area contributed by atoms with E-state index in [4.69, 9.17) is 4.74 Å². The number of hydrogen-bond acceptors (Lipinski definition) is 7. The van der Waals surface area contributed by atoms with Crippen molar-refractivity contribution < 1.29 is 9.53 Å². The van der Waals surface area contributed by atoms with E-state index < -0.39 is 0 Å². The van der Waals surface area contributed by atoms with Crippen LogP contribution in [0.5, 0.6) is 5.75 Å². The van der Waals surface area contributed by atoms with Crippen LogP contribution in [-0.4, -0.2) is 32.0 Å². The van der Waals surface area contributed by atoms with Crippen LogP contribution in [0.3, 0.4) is 0 Å². The monoisotopic (exact) mass is 536 g/mol. The Kier molecular flexibility index (Phi) is 7.42. The molecule has 8 nitrogen and oxygen atoms in total. The number of thiazole rings is 1. The molecule has 0 aliphatic carbocycles. The first-order chi connectivity index (χ1) is 19.2. The smallest absolute Gasteiger partial charge is 0.255 e. The van der Waals surface area contributed by atoms with Crippen LogP contribution >= 0.6 is 11.3 Å². The largest absolute Gasteiger partial charge is 0.492 e. The lowest BCUT2D eigenvalue weighted by Gasteiger charge is -2.28. The maximum atomic E-state index is 13.0. The van der Waals surface area contributed by atoms with Gasteiger partial charge in [0.05, 0.1) is 34.6 Å². The number of benzene rings is 2. The van der Waals surface area contributed by atoms with Crippen molar-refractivity contribution in [2.75, 3.05) is 6.61 Å². The number of para-hydroxylation sites is 1. The van der Waals surface area contributed by atoms with Gasteiger partial charge in [0.15, 0.2) is 0 Å². The lowest BCUT2D eigenvalue weighted by molar-refractivity contribution is 0.0945. The molecule has 196 valence electrons. The van der Waals surface area contributed by atoms with Gasteiger partial charge in [-0.05, 0) is 34.9 Å². The van der Waals surface area contributed by atoms with Gasteiger partial charge in [0.25, 0.3) is 5.91 Å². The van der Waals surface area contributed by atoms with Crippen molar-refractivity contribution >= 4 is 17.2 Å². The molecule has 1 aliphatic heterocycles. The van der Waals surface area contributed by atoms with Gasteiger partial charge in [0.2, 0.25) is 0 Å². The Morgan fingerprint density at radius 3 is 2.67 bits per heavy atom.